The second-order valence-corrected chi connectivity index (χ2v) is 15.7. The van der Waals surface area contributed by atoms with Gasteiger partial charge in [-0.3, -0.25) is 9.59 Å². The number of aromatic nitrogens is 2. The molecule has 1 aliphatic carbocycles. The topological polar surface area (TPSA) is 137 Å². The van der Waals surface area contributed by atoms with Crippen molar-refractivity contribution < 1.29 is 19.8 Å². The number of aryl methyl sites for hydroxylation is 3. The fourth-order valence-corrected chi connectivity index (χ4v) is 8.86. The molecule has 3 atom stereocenters. The van der Waals surface area contributed by atoms with E-state index in [-0.39, 0.29) is 28.0 Å². The van der Waals surface area contributed by atoms with E-state index >= 15 is 0 Å². The van der Waals surface area contributed by atoms with E-state index in [0.29, 0.717) is 28.8 Å². The lowest BCUT2D eigenvalue weighted by atomic mass is 9.90. The third kappa shape index (κ3) is 6.27. The number of carboxylic acids is 2. The minimum absolute atomic E-state index is 0.129. The number of hydrogen-bond donors (Lipinski definition) is 3. The molecule has 0 bridgehead atoms. The number of piperazine rings is 1. The summed E-state index contributed by atoms with van der Waals surface area (Å²) in [6, 6.07) is 4.92. The molecular formula is C41H51N5O6. The van der Waals surface area contributed by atoms with Gasteiger partial charge in [-0.2, -0.15) is 0 Å². The van der Waals surface area contributed by atoms with Gasteiger partial charge >= 0.3 is 11.9 Å². The van der Waals surface area contributed by atoms with Gasteiger partial charge in [0.2, 0.25) is 10.9 Å². The van der Waals surface area contributed by atoms with Crippen LogP contribution in [0.2, 0.25) is 0 Å². The Hall–Kier alpha value is -4.64. The van der Waals surface area contributed by atoms with Crippen molar-refractivity contribution in [3.8, 4) is 0 Å². The summed E-state index contributed by atoms with van der Waals surface area (Å²) in [6.07, 6.45) is 9.52. The first-order valence-corrected chi connectivity index (χ1v) is 18.9. The number of hydrogen-bond acceptors (Lipinski definition) is 7. The number of aromatic carboxylic acids is 2. The van der Waals surface area contributed by atoms with E-state index in [4.69, 9.17) is 0 Å². The third-order valence-corrected chi connectivity index (χ3v) is 11.8. The van der Waals surface area contributed by atoms with Crippen molar-refractivity contribution >= 4 is 45.1 Å². The normalized spacial score (nSPS) is 21.6. The largest absolute Gasteiger partial charge is 0.477 e. The molecule has 3 unspecified atom stereocenters. The van der Waals surface area contributed by atoms with Gasteiger partial charge in [0, 0.05) is 91.0 Å². The van der Waals surface area contributed by atoms with Crippen LogP contribution in [0.4, 0.5) is 11.4 Å². The molecule has 52 heavy (non-hydrogen) atoms. The van der Waals surface area contributed by atoms with Crippen LogP contribution in [0.1, 0.15) is 108 Å². The van der Waals surface area contributed by atoms with Crippen molar-refractivity contribution in [1.82, 2.24) is 14.5 Å². The Bertz CT molecular complexity index is 2230. The maximum Gasteiger partial charge on any atom is 0.341 e. The average Bonchev–Trinajstić information content (AvgIpc) is 3.94. The van der Waals surface area contributed by atoms with Gasteiger partial charge in [0.25, 0.3) is 0 Å². The Morgan fingerprint density at radius 3 is 2.15 bits per heavy atom. The summed E-state index contributed by atoms with van der Waals surface area (Å²) in [4.78, 5) is 53.7. The first-order chi connectivity index (χ1) is 24.8. The van der Waals surface area contributed by atoms with E-state index < -0.39 is 11.9 Å². The summed E-state index contributed by atoms with van der Waals surface area (Å²) in [5.74, 6) is -1.62. The Labute approximate surface area is 303 Å². The Morgan fingerprint density at radius 1 is 0.808 bits per heavy atom. The summed E-state index contributed by atoms with van der Waals surface area (Å²) < 4.78 is 4.04. The van der Waals surface area contributed by atoms with Crippen LogP contribution < -0.4 is 26.0 Å². The van der Waals surface area contributed by atoms with E-state index in [1.807, 2.05) is 29.0 Å². The van der Waals surface area contributed by atoms with E-state index in [1.165, 1.54) is 24.1 Å². The molecule has 3 aliphatic heterocycles. The predicted molar refractivity (Wildman–Crippen MR) is 206 cm³/mol. The molecule has 3 N–H and O–H groups in total. The molecule has 2 aromatic heterocycles. The highest BCUT2D eigenvalue weighted by atomic mass is 16.4. The summed E-state index contributed by atoms with van der Waals surface area (Å²) in [5.41, 5.74) is 7.51. The van der Waals surface area contributed by atoms with Crippen molar-refractivity contribution in [2.24, 2.45) is 5.92 Å². The molecule has 0 amide bonds. The molecule has 5 heterocycles. The van der Waals surface area contributed by atoms with Crippen molar-refractivity contribution in [2.45, 2.75) is 98.2 Å². The minimum Gasteiger partial charge on any atom is -0.477 e. The molecule has 11 nitrogen and oxygen atoms in total. The van der Waals surface area contributed by atoms with Crippen LogP contribution >= 0.6 is 0 Å². The van der Waals surface area contributed by atoms with Gasteiger partial charge in [-0.15, -0.1) is 0 Å². The molecule has 2 aromatic carbocycles. The first kappa shape index (κ1) is 35.7. The first-order valence-electron chi connectivity index (χ1n) is 18.9. The third-order valence-electron chi connectivity index (χ3n) is 11.8. The average molecular weight is 710 g/mol. The zero-order valence-corrected chi connectivity index (χ0v) is 31.2. The van der Waals surface area contributed by atoms with Crippen molar-refractivity contribution in [1.29, 1.82) is 0 Å². The minimum atomic E-state index is -1.15. The number of carboxylic acid groups (broad SMARTS) is 2. The SMILES string of the molecule is Cc1c(N2CCNC(C)C2)cc2c(c1C)c(=O)c(C(=O)O)cn2C1CC1.Cc1cc2c(=O)c(C(=O)O)cn3c2c(c1N1CCCC(C)C1)CCC3C. The monoisotopic (exact) mass is 709 g/mol. The number of benzene rings is 2. The van der Waals surface area contributed by atoms with Gasteiger partial charge in [-0.1, -0.05) is 6.92 Å². The molecule has 4 aromatic rings. The van der Waals surface area contributed by atoms with Crippen LogP contribution in [0.3, 0.4) is 0 Å². The summed E-state index contributed by atoms with van der Waals surface area (Å²) in [6.45, 7) is 17.5. The van der Waals surface area contributed by atoms with Crippen molar-refractivity contribution in [3.05, 3.63) is 78.4 Å². The van der Waals surface area contributed by atoms with Crippen LogP contribution in [0.25, 0.3) is 21.8 Å². The van der Waals surface area contributed by atoms with Gasteiger partial charge in [-0.25, -0.2) is 9.59 Å². The van der Waals surface area contributed by atoms with Crippen LogP contribution in [0.15, 0.2) is 34.1 Å². The molecule has 276 valence electrons. The molecule has 1 saturated carbocycles. The number of nitrogens with zero attached hydrogens (tertiary/aromatic N) is 4. The van der Waals surface area contributed by atoms with Crippen LogP contribution in [0.5, 0.6) is 0 Å². The molecule has 2 saturated heterocycles. The maximum atomic E-state index is 12.9. The number of pyridine rings is 2. The van der Waals surface area contributed by atoms with Crippen molar-refractivity contribution in [3.63, 3.8) is 0 Å². The molecule has 0 spiro atoms. The van der Waals surface area contributed by atoms with Crippen LogP contribution in [-0.4, -0.2) is 70.1 Å². The highest BCUT2D eigenvalue weighted by Crippen LogP contribution is 2.41. The lowest BCUT2D eigenvalue weighted by molar-refractivity contribution is 0.0684. The smallest absolute Gasteiger partial charge is 0.341 e. The molecule has 11 heteroatoms. The number of nitrogens with one attached hydrogen (secondary N) is 1. The molecule has 3 fully saturated rings. The Kier molecular flexibility index (Phi) is 9.44. The van der Waals surface area contributed by atoms with Gasteiger partial charge in [0.05, 0.1) is 11.0 Å². The lowest BCUT2D eigenvalue weighted by Crippen LogP contribution is -2.49. The van der Waals surface area contributed by atoms with Crippen LogP contribution in [0, 0.1) is 26.7 Å². The highest BCUT2D eigenvalue weighted by molar-refractivity contribution is 5.97. The predicted octanol–water partition coefficient (Wildman–Crippen LogP) is 6.20. The van der Waals surface area contributed by atoms with Gasteiger partial charge in [0.1, 0.15) is 11.1 Å². The Morgan fingerprint density at radius 2 is 1.50 bits per heavy atom. The summed E-state index contributed by atoms with van der Waals surface area (Å²) in [7, 11) is 0. The Balaban J connectivity index is 0.000000162. The zero-order chi connectivity index (χ0) is 37.2. The number of piperidine rings is 1. The van der Waals surface area contributed by atoms with Crippen molar-refractivity contribution in [2.75, 3.05) is 42.5 Å². The lowest BCUT2D eigenvalue weighted by Gasteiger charge is -2.37. The second kappa shape index (κ2) is 13.7. The van der Waals surface area contributed by atoms with E-state index in [2.05, 4.69) is 48.9 Å². The van der Waals surface area contributed by atoms with E-state index in [0.717, 1.165) is 91.8 Å². The van der Waals surface area contributed by atoms with Gasteiger partial charge in [-0.05, 0) is 108 Å². The molecule has 4 aliphatic rings. The van der Waals surface area contributed by atoms with Crippen LogP contribution in [-0.2, 0) is 6.42 Å². The highest BCUT2D eigenvalue weighted by Gasteiger charge is 2.31. The number of fused-ring (bicyclic) bond motifs is 1. The fourth-order valence-electron chi connectivity index (χ4n) is 8.86. The summed E-state index contributed by atoms with van der Waals surface area (Å²) in [5, 5.41) is 23.5. The second-order valence-electron chi connectivity index (χ2n) is 15.7. The molecular weight excluding hydrogens is 658 g/mol. The molecule has 0 radical (unpaired) electrons. The van der Waals surface area contributed by atoms with E-state index in [9.17, 15) is 29.4 Å². The number of anilines is 2. The van der Waals surface area contributed by atoms with Gasteiger partial charge < -0.3 is 34.5 Å². The zero-order valence-electron chi connectivity index (χ0n) is 31.2. The van der Waals surface area contributed by atoms with Gasteiger partial charge in [0.15, 0.2) is 0 Å². The van der Waals surface area contributed by atoms with E-state index in [1.54, 1.807) is 12.4 Å². The standard InChI is InChI=1S/C21H26N2O3.C20H25N3O3/c1-12-5-4-8-22(10-12)18-13(2)9-16-19-15(18)7-6-14(3)23(19)11-17(20(16)24)21(25)26;1-11-9-22(7-6-21-11)16-8-17-18(13(3)12(16)2)19(24)15(20(25)26)10-23(17)14-4-5-14/h9,11-12,14H,4-8,10H2,1-3H3,(H,25,26);8,10-11,14,21H,4-7,9H2,1-3H3,(H,25,26). The summed E-state index contributed by atoms with van der Waals surface area (Å²) >= 11 is 0. The number of carbonyl (C=O) groups is 2. The fraction of sp³-hybridized carbons (Fsp3) is 0.512. The molecule has 8 rings (SSSR count). The quantitative estimate of drug-likeness (QED) is 0.221. The number of rotatable bonds is 5. The maximum absolute atomic E-state index is 12.9.